The molecule has 3 aromatic heterocycles. The van der Waals surface area contributed by atoms with Crippen molar-refractivity contribution in [2.24, 2.45) is 5.92 Å². The van der Waals surface area contributed by atoms with Gasteiger partial charge in [-0.05, 0) is 24.3 Å². The van der Waals surface area contributed by atoms with Crippen molar-refractivity contribution in [3.8, 4) is 5.75 Å². The maximum Gasteiger partial charge on any atom is 0.300 e. The van der Waals surface area contributed by atoms with Crippen LogP contribution in [0.25, 0.3) is 11.1 Å². The van der Waals surface area contributed by atoms with E-state index in [1.807, 2.05) is 18.2 Å². The van der Waals surface area contributed by atoms with Crippen molar-refractivity contribution in [1.29, 1.82) is 0 Å². The number of Topliss-reactive ketones (excluding diaryl/α,β-unsaturated/α-hetero) is 1. The minimum Gasteiger partial charge on any atom is -0.494 e. The van der Waals surface area contributed by atoms with Crippen LogP contribution >= 0.6 is 11.3 Å². The van der Waals surface area contributed by atoms with Gasteiger partial charge in [0, 0.05) is 30.7 Å². The number of hydrogen-bond acceptors (Lipinski definition) is 9. The summed E-state index contributed by atoms with van der Waals surface area (Å²) in [6, 6.07) is 11.6. The van der Waals surface area contributed by atoms with E-state index in [0.29, 0.717) is 19.0 Å². The van der Waals surface area contributed by atoms with Crippen LogP contribution in [0.4, 0.5) is 5.13 Å². The quantitative estimate of drug-likeness (QED) is 0.308. The first-order valence-corrected chi connectivity index (χ1v) is 11.8. The predicted molar refractivity (Wildman–Crippen MR) is 128 cm³/mol. The van der Waals surface area contributed by atoms with E-state index in [9.17, 15) is 14.4 Å². The lowest BCUT2D eigenvalue weighted by atomic mass is 9.99. The van der Waals surface area contributed by atoms with Crippen molar-refractivity contribution in [2.75, 3.05) is 25.5 Å². The number of ether oxygens (including phenoxy) is 1. The summed E-state index contributed by atoms with van der Waals surface area (Å²) in [5.74, 6) is -1.65. The van der Waals surface area contributed by atoms with Crippen LogP contribution in [0.3, 0.4) is 0 Å². The summed E-state index contributed by atoms with van der Waals surface area (Å²) in [7, 11) is 1.42. The maximum absolute atomic E-state index is 13.4. The number of hydrogen-bond donors (Lipinski definition) is 1. The number of likely N-dealkylation sites (tertiary alicyclic amines) is 1. The van der Waals surface area contributed by atoms with Crippen molar-refractivity contribution < 1.29 is 23.6 Å². The molecular formula is C24H21N5O5S. The molecule has 5 rings (SSSR count). The van der Waals surface area contributed by atoms with Crippen LogP contribution in [-0.4, -0.2) is 57.8 Å². The molecule has 11 heteroatoms. The van der Waals surface area contributed by atoms with Crippen LogP contribution in [0.15, 0.2) is 52.5 Å². The van der Waals surface area contributed by atoms with Gasteiger partial charge in [-0.25, -0.2) is 9.97 Å². The number of ketones is 1. The van der Waals surface area contributed by atoms with Crippen molar-refractivity contribution in [3.63, 3.8) is 0 Å². The monoisotopic (exact) mass is 491 g/mol. The summed E-state index contributed by atoms with van der Waals surface area (Å²) >= 11 is 1.17. The second-order valence-corrected chi connectivity index (χ2v) is 9.03. The third kappa shape index (κ3) is 4.62. The molecule has 10 nitrogen and oxygen atoms in total. The zero-order valence-corrected chi connectivity index (χ0v) is 19.6. The number of carbonyl (C=O) groups is 3. The highest BCUT2D eigenvalue weighted by Crippen LogP contribution is 2.29. The number of fused-ring (bicyclic) bond motifs is 1. The summed E-state index contributed by atoms with van der Waals surface area (Å²) in [4.78, 5) is 48.5. The molecule has 0 radical (unpaired) electrons. The number of pyridine rings is 1. The van der Waals surface area contributed by atoms with Crippen LogP contribution in [0.1, 0.15) is 33.0 Å². The number of thiazole rings is 1. The smallest absolute Gasteiger partial charge is 0.300 e. The van der Waals surface area contributed by atoms with Gasteiger partial charge in [0.2, 0.25) is 0 Å². The summed E-state index contributed by atoms with van der Waals surface area (Å²) in [5, 5.41) is 8.09. The molecule has 178 valence electrons. The van der Waals surface area contributed by atoms with Crippen molar-refractivity contribution in [2.45, 2.75) is 12.8 Å². The van der Waals surface area contributed by atoms with E-state index in [-0.39, 0.29) is 39.3 Å². The highest BCUT2D eigenvalue weighted by atomic mass is 32.1. The van der Waals surface area contributed by atoms with E-state index in [2.05, 4.69) is 32.6 Å². The molecule has 1 N–H and O–H groups in total. The van der Waals surface area contributed by atoms with Gasteiger partial charge >= 0.3 is 0 Å². The molecule has 1 unspecified atom stereocenters. The molecule has 1 atom stereocenters. The number of benzene rings is 1. The van der Waals surface area contributed by atoms with Crippen molar-refractivity contribution >= 4 is 45.2 Å². The second-order valence-electron chi connectivity index (χ2n) is 8.13. The number of nitrogens with one attached hydrogen (secondary N) is 1. The SMILES string of the molecule is COc1cc2onc(C(=O)C(=O)Nc3nccs3)c2nc1C(=O)N1CCC(Cc2ccccc2)C1. The Balaban J connectivity index is 1.38. The first-order valence-electron chi connectivity index (χ1n) is 11.0. The third-order valence-corrected chi connectivity index (χ3v) is 6.54. The Morgan fingerprint density at radius 3 is 2.80 bits per heavy atom. The lowest BCUT2D eigenvalue weighted by Gasteiger charge is -2.17. The molecule has 0 saturated carbocycles. The third-order valence-electron chi connectivity index (χ3n) is 5.85. The lowest BCUT2D eigenvalue weighted by molar-refractivity contribution is -0.112. The second kappa shape index (κ2) is 9.63. The Morgan fingerprint density at radius 1 is 1.23 bits per heavy atom. The number of aromatic nitrogens is 3. The highest BCUT2D eigenvalue weighted by Gasteiger charge is 2.32. The van der Waals surface area contributed by atoms with E-state index in [1.165, 1.54) is 36.3 Å². The van der Waals surface area contributed by atoms with Crippen LogP contribution in [0.5, 0.6) is 5.75 Å². The number of rotatable bonds is 7. The molecule has 0 bridgehead atoms. The van der Waals surface area contributed by atoms with Gasteiger partial charge in [-0.15, -0.1) is 11.3 Å². The fourth-order valence-electron chi connectivity index (χ4n) is 4.14. The van der Waals surface area contributed by atoms with Gasteiger partial charge in [0.05, 0.1) is 7.11 Å². The largest absolute Gasteiger partial charge is 0.494 e. The molecule has 1 aromatic carbocycles. The molecule has 35 heavy (non-hydrogen) atoms. The van der Waals surface area contributed by atoms with Crippen molar-refractivity contribution in [1.82, 2.24) is 20.0 Å². The summed E-state index contributed by atoms with van der Waals surface area (Å²) < 4.78 is 10.6. The van der Waals surface area contributed by atoms with Gasteiger partial charge in [-0.2, -0.15) is 0 Å². The van der Waals surface area contributed by atoms with E-state index >= 15 is 0 Å². The van der Waals surface area contributed by atoms with Gasteiger partial charge in [0.1, 0.15) is 5.52 Å². The van der Waals surface area contributed by atoms with Gasteiger partial charge < -0.3 is 14.2 Å². The van der Waals surface area contributed by atoms with E-state index < -0.39 is 11.7 Å². The van der Waals surface area contributed by atoms with Gasteiger partial charge in [0.25, 0.3) is 17.6 Å². The van der Waals surface area contributed by atoms with Crippen LogP contribution in [-0.2, 0) is 11.2 Å². The van der Waals surface area contributed by atoms with E-state index in [1.54, 1.807) is 10.3 Å². The Morgan fingerprint density at radius 2 is 2.06 bits per heavy atom. The zero-order valence-electron chi connectivity index (χ0n) is 18.8. The molecule has 4 aromatic rings. The topological polar surface area (TPSA) is 128 Å². The average Bonchev–Trinajstić information content (AvgIpc) is 3.64. The van der Waals surface area contributed by atoms with Gasteiger partial charge in [-0.1, -0.05) is 35.5 Å². The maximum atomic E-state index is 13.4. The highest BCUT2D eigenvalue weighted by molar-refractivity contribution is 7.13. The van der Waals surface area contributed by atoms with Gasteiger partial charge in [-0.3, -0.25) is 19.7 Å². The Labute approximate surface area is 203 Å². The summed E-state index contributed by atoms with van der Waals surface area (Å²) in [6.07, 6.45) is 3.26. The molecule has 0 aliphatic carbocycles. The van der Waals surface area contributed by atoms with Crippen LogP contribution in [0.2, 0.25) is 0 Å². The zero-order chi connectivity index (χ0) is 24.4. The van der Waals surface area contributed by atoms with Gasteiger partial charge in [0.15, 0.2) is 27.9 Å². The lowest BCUT2D eigenvalue weighted by Crippen LogP contribution is -2.30. The molecule has 1 saturated heterocycles. The summed E-state index contributed by atoms with van der Waals surface area (Å²) in [6.45, 7) is 1.17. The Bertz CT molecular complexity index is 1390. The van der Waals surface area contributed by atoms with Crippen molar-refractivity contribution in [3.05, 3.63) is 64.9 Å². The minimum atomic E-state index is -0.945. The molecule has 0 spiro atoms. The van der Waals surface area contributed by atoms with Crippen LogP contribution < -0.4 is 10.1 Å². The first kappa shape index (κ1) is 22.7. The number of amides is 2. The van der Waals surface area contributed by atoms with E-state index in [4.69, 9.17) is 9.26 Å². The van der Waals surface area contributed by atoms with E-state index in [0.717, 1.165) is 12.8 Å². The minimum absolute atomic E-state index is 0.0217. The fraction of sp³-hybridized carbons (Fsp3) is 0.250. The molecule has 1 aliphatic rings. The Kier molecular flexibility index (Phi) is 6.23. The predicted octanol–water partition coefficient (Wildman–Crippen LogP) is 3.21. The average molecular weight is 492 g/mol. The Hall–Kier alpha value is -4.12. The molecule has 1 aliphatic heterocycles. The molecule has 1 fully saturated rings. The number of anilines is 1. The first-order chi connectivity index (χ1) is 17.0. The standard InChI is InChI=1S/C24H21N5O5S/c1-33-16-12-17-18(20(28-34-17)21(30)22(31)27-24-25-8-10-35-24)26-19(16)23(32)29-9-7-15(13-29)11-14-5-3-2-4-6-14/h2-6,8,10,12,15H,7,9,11,13H2,1H3,(H,25,27,31). The number of carbonyl (C=O) groups excluding carboxylic acids is 3. The number of methoxy groups -OCH3 is 1. The van der Waals surface area contributed by atoms with Crippen LogP contribution in [0, 0.1) is 5.92 Å². The normalized spacial score (nSPS) is 15.3. The summed E-state index contributed by atoms with van der Waals surface area (Å²) in [5.41, 5.74) is 1.14. The number of nitrogens with zero attached hydrogens (tertiary/aromatic N) is 4. The fourth-order valence-corrected chi connectivity index (χ4v) is 4.66. The molecule has 2 amide bonds. The molecule has 4 heterocycles. The molecular weight excluding hydrogens is 470 g/mol.